The van der Waals surface area contributed by atoms with Crippen molar-refractivity contribution in [3.63, 3.8) is 0 Å². The van der Waals surface area contributed by atoms with Gasteiger partial charge in [-0.05, 0) is 25.0 Å². The second kappa shape index (κ2) is 4.04. The summed E-state index contributed by atoms with van der Waals surface area (Å²) in [6, 6.07) is 6.39. The number of carbonyl (C=O) groups is 1. The number of hydrogen-bond donors (Lipinski definition) is 2. The van der Waals surface area contributed by atoms with E-state index in [-0.39, 0.29) is 12.4 Å². The summed E-state index contributed by atoms with van der Waals surface area (Å²) in [5.41, 5.74) is -0.717. The number of carboxylic acid groups (broad SMARTS) is 1. The van der Waals surface area contributed by atoms with Gasteiger partial charge in [-0.25, -0.2) is 0 Å². The molecule has 1 aromatic carbocycles. The van der Waals surface area contributed by atoms with Gasteiger partial charge < -0.3 is 14.9 Å². The lowest BCUT2D eigenvalue weighted by Gasteiger charge is -2.37. The van der Waals surface area contributed by atoms with E-state index in [0.29, 0.717) is 18.6 Å². The Morgan fingerprint density at radius 3 is 2.69 bits per heavy atom. The summed E-state index contributed by atoms with van der Waals surface area (Å²) in [5.74, 6) is -0.165. The molecule has 0 spiro atoms. The lowest BCUT2D eigenvalue weighted by atomic mass is 9.69. The minimum Gasteiger partial charge on any atom is -0.508 e. The number of phenols is 1. The smallest absolute Gasteiger partial charge is 0.313 e. The number of benzene rings is 1. The van der Waals surface area contributed by atoms with Crippen LogP contribution in [0.25, 0.3) is 0 Å². The van der Waals surface area contributed by atoms with Crippen LogP contribution < -0.4 is 4.74 Å². The molecule has 0 aliphatic heterocycles. The lowest BCUT2D eigenvalue weighted by molar-refractivity contribution is -0.157. The Morgan fingerprint density at radius 2 is 2.19 bits per heavy atom. The van der Waals surface area contributed by atoms with Gasteiger partial charge >= 0.3 is 5.97 Å². The molecule has 0 radical (unpaired) electrons. The number of ether oxygens (including phenoxy) is 1. The van der Waals surface area contributed by atoms with Crippen LogP contribution in [0.1, 0.15) is 19.3 Å². The fourth-order valence-corrected chi connectivity index (χ4v) is 1.82. The largest absolute Gasteiger partial charge is 0.508 e. The molecule has 0 aromatic heterocycles. The van der Waals surface area contributed by atoms with Crippen molar-refractivity contribution in [1.29, 1.82) is 0 Å². The van der Waals surface area contributed by atoms with Crippen molar-refractivity contribution in [1.82, 2.24) is 0 Å². The Hall–Kier alpha value is -1.71. The molecular weight excluding hydrogens is 208 g/mol. The van der Waals surface area contributed by atoms with Crippen LogP contribution in [-0.4, -0.2) is 22.8 Å². The van der Waals surface area contributed by atoms with Crippen molar-refractivity contribution < 1.29 is 19.7 Å². The summed E-state index contributed by atoms with van der Waals surface area (Å²) in [6.45, 7) is 0.172. The van der Waals surface area contributed by atoms with Crippen molar-refractivity contribution in [3.8, 4) is 11.5 Å². The lowest BCUT2D eigenvalue weighted by Crippen LogP contribution is -2.43. The van der Waals surface area contributed by atoms with Crippen LogP contribution in [-0.2, 0) is 4.79 Å². The third-order valence-corrected chi connectivity index (χ3v) is 3.10. The third kappa shape index (κ3) is 1.96. The van der Waals surface area contributed by atoms with Crippen LogP contribution in [0.2, 0.25) is 0 Å². The van der Waals surface area contributed by atoms with Crippen molar-refractivity contribution >= 4 is 5.97 Å². The summed E-state index contributed by atoms with van der Waals surface area (Å²) < 4.78 is 5.41. The molecule has 1 aliphatic rings. The van der Waals surface area contributed by atoms with Gasteiger partial charge in [-0.1, -0.05) is 12.5 Å². The van der Waals surface area contributed by atoms with E-state index in [0.717, 1.165) is 6.42 Å². The number of aromatic hydroxyl groups is 1. The van der Waals surface area contributed by atoms with E-state index in [2.05, 4.69) is 0 Å². The molecule has 0 bridgehead atoms. The van der Waals surface area contributed by atoms with Crippen LogP contribution in [0.5, 0.6) is 11.5 Å². The van der Waals surface area contributed by atoms with Gasteiger partial charge in [-0.3, -0.25) is 4.79 Å². The van der Waals surface area contributed by atoms with Crippen LogP contribution in [0, 0.1) is 5.41 Å². The molecule has 0 heterocycles. The summed E-state index contributed by atoms with van der Waals surface area (Å²) in [7, 11) is 0. The van der Waals surface area contributed by atoms with Crippen molar-refractivity contribution in [2.45, 2.75) is 19.3 Å². The number of carboxylic acids is 1. The van der Waals surface area contributed by atoms with Crippen molar-refractivity contribution in [3.05, 3.63) is 24.3 Å². The zero-order valence-corrected chi connectivity index (χ0v) is 8.85. The summed E-state index contributed by atoms with van der Waals surface area (Å²) in [6.07, 6.45) is 2.28. The molecule has 2 N–H and O–H groups in total. The highest BCUT2D eigenvalue weighted by molar-refractivity contribution is 5.75. The highest BCUT2D eigenvalue weighted by atomic mass is 16.5. The number of phenolic OH excluding ortho intramolecular Hbond substituents is 1. The Labute approximate surface area is 93.5 Å². The maximum absolute atomic E-state index is 11.1. The van der Waals surface area contributed by atoms with Gasteiger partial charge in [0.25, 0.3) is 0 Å². The van der Waals surface area contributed by atoms with E-state index in [1.165, 1.54) is 6.07 Å². The third-order valence-electron chi connectivity index (χ3n) is 3.10. The highest BCUT2D eigenvalue weighted by Crippen LogP contribution is 2.41. The van der Waals surface area contributed by atoms with Gasteiger partial charge in [0.2, 0.25) is 0 Å². The first kappa shape index (κ1) is 10.8. The average molecular weight is 222 g/mol. The van der Waals surface area contributed by atoms with Gasteiger partial charge in [-0.15, -0.1) is 0 Å². The Bertz CT molecular complexity index is 396. The van der Waals surface area contributed by atoms with E-state index in [1.54, 1.807) is 18.2 Å². The Kier molecular flexibility index (Phi) is 2.73. The topological polar surface area (TPSA) is 66.8 Å². The molecule has 0 atom stereocenters. The van der Waals surface area contributed by atoms with E-state index >= 15 is 0 Å². The predicted octanol–water partition coefficient (Wildman–Crippen LogP) is 2.03. The summed E-state index contributed by atoms with van der Waals surface area (Å²) in [4.78, 5) is 11.1. The van der Waals surface area contributed by atoms with Crippen LogP contribution in [0.3, 0.4) is 0 Å². The normalized spacial score (nSPS) is 17.5. The maximum atomic E-state index is 11.1. The van der Waals surface area contributed by atoms with E-state index in [9.17, 15) is 9.90 Å². The molecular formula is C12H14O4. The Balaban J connectivity index is 1.99. The standard InChI is InChI=1S/C12H14O4/c13-9-3-1-4-10(7-9)16-8-12(11(14)15)5-2-6-12/h1,3-4,7,13H,2,5-6,8H2,(H,14,15). The highest BCUT2D eigenvalue weighted by Gasteiger charge is 2.45. The zero-order valence-electron chi connectivity index (χ0n) is 8.85. The number of rotatable bonds is 4. The minimum absolute atomic E-state index is 0.121. The van der Waals surface area contributed by atoms with Gasteiger partial charge in [0.15, 0.2) is 0 Å². The molecule has 1 saturated carbocycles. The maximum Gasteiger partial charge on any atom is 0.313 e. The molecule has 16 heavy (non-hydrogen) atoms. The first-order valence-electron chi connectivity index (χ1n) is 5.28. The molecule has 4 heteroatoms. The van der Waals surface area contributed by atoms with Crippen LogP contribution >= 0.6 is 0 Å². The molecule has 86 valence electrons. The summed E-state index contributed by atoms with van der Waals surface area (Å²) in [5, 5.41) is 18.3. The number of hydrogen-bond acceptors (Lipinski definition) is 3. The molecule has 4 nitrogen and oxygen atoms in total. The van der Waals surface area contributed by atoms with Gasteiger partial charge in [0.05, 0.1) is 0 Å². The van der Waals surface area contributed by atoms with Crippen LogP contribution in [0.4, 0.5) is 0 Å². The molecule has 1 fully saturated rings. The van der Waals surface area contributed by atoms with Gasteiger partial charge in [0.1, 0.15) is 23.5 Å². The molecule has 0 unspecified atom stereocenters. The molecule has 1 aromatic rings. The molecule has 2 rings (SSSR count). The van der Waals surface area contributed by atoms with Crippen molar-refractivity contribution in [2.24, 2.45) is 5.41 Å². The second-order valence-corrected chi connectivity index (χ2v) is 4.23. The first-order chi connectivity index (χ1) is 7.62. The first-order valence-corrected chi connectivity index (χ1v) is 5.28. The van der Waals surface area contributed by atoms with E-state index in [4.69, 9.17) is 9.84 Å². The Morgan fingerprint density at radius 1 is 1.44 bits per heavy atom. The minimum atomic E-state index is -0.793. The van der Waals surface area contributed by atoms with Crippen LogP contribution in [0.15, 0.2) is 24.3 Å². The molecule has 1 aliphatic carbocycles. The SMILES string of the molecule is O=C(O)C1(COc2cccc(O)c2)CCC1. The fourth-order valence-electron chi connectivity index (χ4n) is 1.82. The quantitative estimate of drug-likeness (QED) is 0.817. The zero-order chi connectivity index (χ0) is 11.6. The second-order valence-electron chi connectivity index (χ2n) is 4.23. The van der Waals surface area contributed by atoms with Crippen molar-refractivity contribution in [2.75, 3.05) is 6.61 Å². The predicted molar refractivity (Wildman–Crippen MR) is 57.5 cm³/mol. The molecule has 0 amide bonds. The fraction of sp³-hybridized carbons (Fsp3) is 0.417. The van der Waals surface area contributed by atoms with Gasteiger partial charge in [-0.2, -0.15) is 0 Å². The van der Waals surface area contributed by atoms with Gasteiger partial charge in [0, 0.05) is 6.07 Å². The van der Waals surface area contributed by atoms with E-state index < -0.39 is 11.4 Å². The average Bonchev–Trinajstić information content (AvgIpc) is 2.15. The van der Waals surface area contributed by atoms with E-state index in [1.807, 2.05) is 0 Å². The number of aliphatic carboxylic acids is 1. The molecule has 0 saturated heterocycles. The monoisotopic (exact) mass is 222 g/mol. The summed E-state index contributed by atoms with van der Waals surface area (Å²) >= 11 is 0.